The van der Waals surface area contributed by atoms with Crippen molar-refractivity contribution >= 4 is 35.6 Å². The fourth-order valence-electron chi connectivity index (χ4n) is 3.37. The van der Waals surface area contributed by atoms with Gasteiger partial charge in [0.2, 0.25) is 11.8 Å². The van der Waals surface area contributed by atoms with E-state index in [1.807, 2.05) is 12.3 Å². The first-order chi connectivity index (χ1) is 18.0. The average Bonchev–Trinajstić information content (AvgIpc) is 2.85. The third-order valence-corrected chi connectivity index (χ3v) is 5.65. The SMILES string of the molecule is C#Cc1ccc(C(C(=O)NCCC(=O)OCC)N(CC#N)C(=O)C(CCSC)NC(=O)OC(C)(C)C)cc1. The number of benzene rings is 1. The number of nitriles is 1. The lowest BCUT2D eigenvalue weighted by Gasteiger charge is -2.33. The zero-order valence-corrected chi connectivity index (χ0v) is 23.4. The summed E-state index contributed by atoms with van der Waals surface area (Å²) >= 11 is 1.48. The Hall–Kier alpha value is -3.70. The number of hydrogen-bond donors (Lipinski definition) is 2. The topological polar surface area (TPSA) is 138 Å². The molecule has 0 fully saturated rings. The van der Waals surface area contributed by atoms with Crippen LogP contribution < -0.4 is 10.6 Å². The van der Waals surface area contributed by atoms with Crippen molar-refractivity contribution in [3.63, 3.8) is 0 Å². The number of carbonyl (C=O) groups excluding carboxylic acids is 4. The molecule has 0 aliphatic heterocycles. The Morgan fingerprint density at radius 1 is 1.18 bits per heavy atom. The average molecular weight is 545 g/mol. The van der Waals surface area contributed by atoms with Gasteiger partial charge in [-0.25, -0.2) is 4.79 Å². The second-order valence-corrected chi connectivity index (χ2v) is 10.1. The summed E-state index contributed by atoms with van der Waals surface area (Å²) in [6.45, 7) is 6.52. The largest absolute Gasteiger partial charge is 0.466 e. The predicted molar refractivity (Wildman–Crippen MR) is 145 cm³/mol. The Bertz CT molecular complexity index is 1040. The van der Waals surface area contributed by atoms with Crippen LogP contribution in [0.1, 0.15) is 57.7 Å². The number of terminal acetylenes is 1. The molecule has 1 aromatic rings. The molecule has 11 heteroatoms. The first-order valence-electron chi connectivity index (χ1n) is 12.1. The number of thioether (sulfide) groups is 1. The maximum Gasteiger partial charge on any atom is 0.408 e. The van der Waals surface area contributed by atoms with Crippen molar-refractivity contribution in [3.05, 3.63) is 35.4 Å². The van der Waals surface area contributed by atoms with Gasteiger partial charge in [0.25, 0.3) is 0 Å². The number of nitrogens with zero attached hydrogens (tertiary/aromatic N) is 2. The van der Waals surface area contributed by atoms with Crippen LogP contribution in [0.5, 0.6) is 0 Å². The molecule has 38 heavy (non-hydrogen) atoms. The molecule has 1 aromatic carbocycles. The Kier molecular flexibility index (Phi) is 13.8. The number of nitrogens with one attached hydrogen (secondary N) is 2. The van der Waals surface area contributed by atoms with Gasteiger partial charge in [-0.2, -0.15) is 17.0 Å². The van der Waals surface area contributed by atoms with Crippen molar-refractivity contribution in [1.29, 1.82) is 5.26 Å². The van der Waals surface area contributed by atoms with Gasteiger partial charge in [-0.15, -0.1) is 6.42 Å². The van der Waals surface area contributed by atoms with Crippen LogP contribution >= 0.6 is 11.8 Å². The minimum absolute atomic E-state index is 0.0305. The molecule has 10 nitrogen and oxygen atoms in total. The zero-order chi connectivity index (χ0) is 28.7. The number of carbonyl (C=O) groups is 4. The van der Waals surface area contributed by atoms with Gasteiger partial charge in [0.05, 0.1) is 19.1 Å². The maximum absolute atomic E-state index is 13.8. The van der Waals surface area contributed by atoms with Crippen molar-refractivity contribution in [1.82, 2.24) is 15.5 Å². The van der Waals surface area contributed by atoms with Crippen molar-refractivity contribution in [2.75, 3.05) is 31.7 Å². The molecule has 0 aromatic heterocycles. The molecular weight excluding hydrogens is 508 g/mol. The molecule has 0 radical (unpaired) electrons. The van der Waals surface area contributed by atoms with E-state index in [4.69, 9.17) is 15.9 Å². The molecular formula is C27H36N4O6S. The molecule has 0 aliphatic carbocycles. The van der Waals surface area contributed by atoms with Gasteiger partial charge in [-0.3, -0.25) is 14.4 Å². The maximum atomic E-state index is 13.8. The van der Waals surface area contributed by atoms with E-state index in [9.17, 15) is 24.4 Å². The van der Waals surface area contributed by atoms with Gasteiger partial charge in [0.15, 0.2) is 0 Å². The monoisotopic (exact) mass is 544 g/mol. The quantitative estimate of drug-likeness (QED) is 0.220. The molecule has 0 saturated heterocycles. The number of hydrogen-bond acceptors (Lipinski definition) is 8. The van der Waals surface area contributed by atoms with E-state index in [-0.39, 0.29) is 26.0 Å². The normalized spacial score (nSPS) is 12.2. The van der Waals surface area contributed by atoms with E-state index in [1.54, 1.807) is 52.0 Å². The highest BCUT2D eigenvalue weighted by atomic mass is 32.2. The predicted octanol–water partition coefficient (Wildman–Crippen LogP) is 2.78. The lowest BCUT2D eigenvalue weighted by molar-refractivity contribution is -0.144. The second-order valence-electron chi connectivity index (χ2n) is 9.12. The molecule has 0 saturated carbocycles. The van der Waals surface area contributed by atoms with Crippen LogP contribution in [0.15, 0.2) is 24.3 Å². The number of ether oxygens (including phenoxy) is 2. The van der Waals surface area contributed by atoms with E-state index in [0.29, 0.717) is 16.9 Å². The first-order valence-corrected chi connectivity index (χ1v) is 13.5. The van der Waals surface area contributed by atoms with Crippen LogP contribution in [-0.2, 0) is 23.9 Å². The van der Waals surface area contributed by atoms with Crippen LogP contribution in [-0.4, -0.2) is 72.1 Å². The molecule has 2 N–H and O–H groups in total. The summed E-state index contributed by atoms with van der Waals surface area (Å²) in [5.74, 6) is 1.31. The summed E-state index contributed by atoms with van der Waals surface area (Å²) in [4.78, 5) is 52.5. The van der Waals surface area contributed by atoms with E-state index >= 15 is 0 Å². The Balaban J connectivity index is 3.36. The third kappa shape index (κ3) is 11.1. The Morgan fingerprint density at radius 3 is 2.37 bits per heavy atom. The van der Waals surface area contributed by atoms with Gasteiger partial charge in [-0.05, 0) is 63.8 Å². The number of alkyl carbamates (subject to hydrolysis) is 1. The molecule has 0 aliphatic rings. The van der Waals surface area contributed by atoms with Crippen LogP contribution in [0, 0.1) is 23.7 Å². The second kappa shape index (κ2) is 16.2. The van der Waals surface area contributed by atoms with Crippen molar-refractivity contribution in [3.8, 4) is 18.4 Å². The minimum atomic E-state index is -1.23. The first kappa shape index (κ1) is 32.3. The fraction of sp³-hybridized carbons (Fsp3) is 0.519. The van der Waals surface area contributed by atoms with Crippen molar-refractivity contribution < 1.29 is 28.7 Å². The Morgan fingerprint density at radius 2 is 1.84 bits per heavy atom. The molecule has 3 amide bonds. The molecule has 1 rings (SSSR count). The van der Waals surface area contributed by atoms with Gasteiger partial charge >= 0.3 is 12.1 Å². The third-order valence-electron chi connectivity index (χ3n) is 5.01. The molecule has 206 valence electrons. The van der Waals surface area contributed by atoms with Crippen LogP contribution in [0.25, 0.3) is 0 Å². The summed E-state index contributed by atoms with van der Waals surface area (Å²) in [5.41, 5.74) is 0.184. The lowest BCUT2D eigenvalue weighted by Crippen LogP contribution is -2.53. The molecule has 2 atom stereocenters. The lowest BCUT2D eigenvalue weighted by atomic mass is 10.0. The summed E-state index contributed by atoms with van der Waals surface area (Å²) in [7, 11) is 0. The Labute approximate surface area is 228 Å². The summed E-state index contributed by atoms with van der Waals surface area (Å²) in [5, 5.41) is 14.8. The van der Waals surface area contributed by atoms with Crippen LogP contribution in [0.4, 0.5) is 4.79 Å². The zero-order valence-electron chi connectivity index (χ0n) is 22.5. The highest BCUT2D eigenvalue weighted by Crippen LogP contribution is 2.24. The molecule has 0 spiro atoms. The van der Waals surface area contributed by atoms with E-state index in [1.165, 1.54) is 11.8 Å². The smallest absolute Gasteiger partial charge is 0.408 e. The highest BCUT2D eigenvalue weighted by molar-refractivity contribution is 7.98. The number of amides is 3. The molecule has 2 unspecified atom stereocenters. The standard InChI is InChI=1S/C27H36N4O6S/c1-7-19-9-11-20(12-10-19)23(24(33)29-16-13-22(32)36-8-2)31(17-15-28)25(34)21(14-18-38-6)30-26(35)37-27(3,4)5/h1,9-12,21,23H,8,13-14,16-18H2,2-6H3,(H,29,33)(H,30,35). The molecule has 0 heterocycles. The van der Waals surface area contributed by atoms with Gasteiger partial charge in [0, 0.05) is 12.1 Å². The van der Waals surface area contributed by atoms with Gasteiger partial charge in [-0.1, -0.05) is 18.1 Å². The van der Waals surface area contributed by atoms with Crippen molar-refractivity contribution in [2.45, 2.75) is 58.2 Å². The van der Waals surface area contributed by atoms with Crippen molar-refractivity contribution in [2.24, 2.45) is 0 Å². The van der Waals surface area contributed by atoms with Crippen LogP contribution in [0.3, 0.4) is 0 Å². The summed E-state index contributed by atoms with van der Waals surface area (Å²) < 4.78 is 10.2. The van der Waals surface area contributed by atoms with Gasteiger partial charge < -0.3 is 25.0 Å². The van der Waals surface area contributed by atoms with Gasteiger partial charge in [0.1, 0.15) is 24.2 Å². The summed E-state index contributed by atoms with van der Waals surface area (Å²) in [6.07, 6.45) is 6.70. The minimum Gasteiger partial charge on any atom is -0.466 e. The van der Waals surface area contributed by atoms with Crippen LogP contribution in [0.2, 0.25) is 0 Å². The number of rotatable bonds is 13. The summed E-state index contributed by atoms with van der Waals surface area (Å²) in [6, 6.07) is 6.09. The molecule has 0 bridgehead atoms. The van der Waals surface area contributed by atoms with E-state index < -0.39 is 48.1 Å². The number of esters is 1. The fourth-order valence-corrected chi connectivity index (χ4v) is 3.84. The van der Waals surface area contributed by atoms with E-state index in [0.717, 1.165) is 4.90 Å². The van der Waals surface area contributed by atoms with E-state index in [2.05, 4.69) is 16.6 Å². The highest BCUT2D eigenvalue weighted by Gasteiger charge is 2.36.